The molecule has 0 atom stereocenters. The predicted molar refractivity (Wildman–Crippen MR) is 51.1 cm³/mol. The van der Waals surface area contributed by atoms with Crippen LogP contribution in [-0.4, -0.2) is 5.11 Å². The summed E-state index contributed by atoms with van der Waals surface area (Å²) in [6.45, 7) is 0. The minimum Gasteiger partial charge on any atom is -0.507 e. The van der Waals surface area contributed by atoms with Crippen molar-refractivity contribution in [1.82, 2.24) is 0 Å². The van der Waals surface area contributed by atoms with Gasteiger partial charge in [-0.25, -0.2) is 4.39 Å². The molecule has 0 saturated carbocycles. The van der Waals surface area contributed by atoms with Crippen molar-refractivity contribution < 1.29 is 9.50 Å². The van der Waals surface area contributed by atoms with Crippen molar-refractivity contribution in [1.29, 1.82) is 0 Å². The maximum atomic E-state index is 13.2. The summed E-state index contributed by atoms with van der Waals surface area (Å²) in [6, 6.07) is 4.94. The Hall–Kier alpha value is -0.610. The summed E-state index contributed by atoms with van der Waals surface area (Å²) in [5.74, 6) is -0.389. The third kappa shape index (κ3) is 1.03. The Balaban J connectivity index is 2.97. The summed E-state index contributed by atoms with van der Waals surface area (Å²) >= 11 is 4.35. The number of thiophene rings is 1. The molecule has 0 aliphatic rings. The summed E-state index contributed by atoms with van der Waals surface area (Å²) in [4.78, 5) is 0. The Morgan fingerprint density at radius 1 is 1.42 bits per heavy atom. The number of fused-ring (bicyclic) bond motifs is 1. The van der Waals surface area contributed by atoms with Crippen LogP contribution in [0.4, 0.5) is 4.39 Å². The Morgan fingerprint density at radius 3 is 2.83 bits per heavy atom. The molecule has 0 saturated heterocycles. The molecule has 1 heterocycles. The maximum Gasteiger partial charge on any atom is 0.159 e. The van der Waals surface area contributed by atoms with Crippen molar-refractivity contribution in [2.24, 2.45) is 0 Å². The average Bonchev–Trinajstić information content (AvgIpc) is 2.29. The molecule has 1 nitrogen and oxygen atoms in total. The molecule has 62 valence electrons. The molecule has 12 heavy (non-hydrogen) atoms. The van der Waals surface area contributed by atoms with Gasteiger partial charge in [0.2, 0.25) is 0 Å². The van der Waals surface area contributed by atoms with Crippen molar-refractivity contribution in [2.75, 3.05) is 0 Å². The highest BCUT2D eigenvalue weighted by atomic mass is 79.9. The normalized spacial score (nSPS) is 10.8. The summed E-state index contributed by atoms with van der Waals surface area (Å²) in [7, 11) is 0. The van der Waals surface area contributed by atoms with Gasteiger partial charge in [-0.1, -0.05) is 6.07 Å². The molecule has 1 aromatic heterocycles. The van der Waals surface area contributed by atoms with Crippen LogP contribution in [-0.2, 0) is 0 Å². The second-order valence-corrected chi connectivity index (χ2v) is 4.71. The highest BCUT2D eigenvalue weighted by Gasteiger charge is 2.12. The second-order valence-electron chi connectivity index (χ2n) is 2.34. The zero-order valence-corrected chi connectivity index (χ0v) is 8.25. The minimum atomic E-state index is -0.381. The lowest BCUT2D eigenvalue weighted by Gasteiger charge is -1.92. The van der Waals surface area contributed by atoms with Crippen molar-refractivity contribution in [3.8, 4) is 5.75 Å². The van der Waals surface area contributed by atoms with Crippen LogP contribution in [0.15, 0.2) is 22.0 Å². The van der Waals surface area contributed by atoms with Crippen LogP contribution in [0.2, 0.25) is 0 Å². The zero-order chi connectivity index (χ0) is 8.72. The molecule has 0 unspecified atom stereocenters. The van der Waals surface area contributed by atoms with E-state index in [-0.39, 0.29) is 11.6 Å². The van der Waals surface area contributed by atoms with Gasteiger partial charge in [0.25, 0.3) is 0 Å². The molecule has 0 fully saturated rings. The standard InChI is InChI=1S/C8H4BrFOS/c9-8-7(10)6-4(11)2-1-3-5(6)12-8/h1-3,11H. The van der Waals surface area contributed by atoms with Crippen LogP contribution in [0.5, 0.6) is 5.75 Å². The first-order valence-corrected chi connectivity index (χ1v) is 4.86. The topological polar surface area (TPSA) is 20.2 Å². The van der Waals surface area contributed by atoms with Gasteiger partial charge in [-0.15, -0.1) is 11.3 Å². The molecule has 2 rings (SSSR count). The zero-order valence-electron chi connectivity index (χ0n) is 5.84. The summed E-state index contributed by atoms with van der Waals surface area (Å²) in [5, 5.41) is 9.61. The summed E-state index contributed by atoms with van der Waals surface area (Å²) in [5.41, 5.74) is 0. The van der Waals surface area contributed by atoms with E-state index in [1.165, 1.54) is 17.4 Å². The van der Waals surface area contributed by atoms with Gasteiger partial charge in [-0.2, -0.15) is 0 Å². The molecule has 1 N–H and O–H groups in total. The lowest BCUT2D eigenvalue weighted by molar-refractivity contribution is 0.479. The Bertz CT molecular complexity index is 438. The van der Waals surface area contributed by atoms with E-state index in [2.05, 4.69) is 15.9 Å². The highest BCUT2D eigenvalue weighted by molar-refractivity contribution is 9.11. The Morgan fingerprint density at radius 2 is 2.17 bits per heavy atom. The van der Waals surface area contributed by atoms with Gasteiger partial charge in [-0.05, 0) is 28.1 Å². The molecule has 1 aromatic carbocycles. The smallest absolute Gasteiger partial charge is 0.159 e. The monoisotopic (exact) mass is 246 g/mol. The molecule has 2 aromatic rings. The minimum absolute atomic E-state index is 0.00745. The molecule has 0 radical (unpaired) electrons. The van der Waals surface area contributed by atoms with E-state index in [0.717, 1.165) is 4.70 Å². The molecule has 0 aliphatic carbocycles. The fourth-order valence-corrected chi connectivity index (χ4v) is 2.61. The molecule has 0 bridgehead atoms. The predicted octanol–water partition coefficient (Wildman–Crippen LogP) is 3.51. The third-order valence-corrected chi connectivity index (χ3v) is 3.35. The van der Waals surface area contributed by atoms with Crippen LogP contribution in [0.3, 0.4) is 0 Å². The van der Waals surface area contributed by atoms with Gasteiger partial charge in [0.1, 0.15) is 9.54 Å². The van der Waals surface area contributed by atoms with Crippen LogP contribution >= 0.6 is 27.3 Å². The van der Waals surface area contributed by atoms with Gasteiger partial charge in [0.15, 0.2) is 5.82 Å². The molecule has 0 amide bonds. The summed E-state index contributed by atoms with van der Waals surface area (Å²) < 4.78 is 14.4. The van der Waals surface area contributed by atoms with Crippen LogP contribution in [0.1, 0.15) is 0 Å². The van der Waals surface area contributed by atoms with E-state index in [0.29, 0.717) is 9.17 Å². The van der Waals surface area contributed by atoms with E-state index in [1.807, 2.05) is 0 Å². The average molecular weight is 247 g/mol. The van der Waals surface area contributed by atoms with E-state index < -0.39 is 0 Å². The van der Waals surface area contributed by atoms with Crippen molar-refractivity contribution in [3.05, 3.63) is 27.8 Å². The first kappa shape index (κ1) is 8.01. The highest BCUT2D eigenvalue weighted by Crippen LogP contribution is 2.38. The van der Waals surface area contributed by atoms with E-state index in [1.54, 1.807) is 12.1 Å². The lowest BCUT2D eigenvalue weighted by atomic mass is 10.2. The van der Waals surface area contributed by atoms with Crippen molar-refractivity contribution >= 4 is 37.4 Å². The molecule has 4 heteroatoms. The number of halogens is 2. The lowest BCUT2D eigenvalue weighted by Crippen LogP contribution is -1.70. The molecular weight excluding hydrogens is 243 g/mol. The number of phenolic OH excluding ortho intramolecular Hbond substituents is 1. The van der Waals surface area contributed by atoms with Gasteiger partial charge in [0, 0.05) is 4.70 Å². The number of benzene rings is 1. The fraction of sp³-hybridized carbons (Fsp3) is 0. The SMILES string of the molecule is Oc1cccc2sc(Br)c(F)c12. The van der Waals surface area contributed by atoms with Crippen molar-refractivity contribution in [2.45, 2.75) is 0 Å². The number of rotatable bonds is 0. The quantitative estimate of drug-likeness (QED) is 0.755. The third-order valence-electron chi connectivity index (χ3n) is 1.60. The number of hydrogen-bond donors (Lipinski definition) is 1. The maximum absolute atomic E-state index is 13.2. The molecule has 0 spiro atoms. The van der Waals surface area contributed by atoms with E-state index in [9.17, 15) is 9.50 Å². The second kappa shape index (κ2) is 2.71. The largest absolute Gasteiger partial charge is 0.507 e. The van der Waals surface area contributed by atoms with Gasteiger partial charge in [-0.3, -0.25) is 0 Å². The van der Waals surface area contributed by atoms with E-state index in [4.69, 9.17) is 0 Å². The molecule has 0 aliphatic heterocycles. The van der Waals surface area contributed by atoms with E-state index >= 15 is 0 Å². The van der Waals surface area contributed by atoms with Crippen molar-refractivity contribution in [3.63, 3.8) is 0 Å². The van der Waals surface area contributed by atoms with Crippen LogP contribution in [0.25, 0.3) is 10.1 Å². The van der Waals surface area contributed by atoms with Crippen LogP contribution in [0, 0.1) is 5.82 Å². The number of hydrogen-bond acceptors (Lipinski definition) is 2. The number of aromatic hydroxyl groups is 1. The first-order chi connectivity index (χ1) is 5.70. The Labute approximate surface area is 80.6 Å². The summed E-state index contributed by atoms with van der Waals surface area (Å²) in [6.07, 6.45) is 0. The van der Waals surface area contributed by atoms with Gasteiger partial charge < -0.3 is 5.11 Å². The van der Waals surface area contributed by atoms with Crippen LogP contribution < -0.4 is 0 Å². The Kier molecular flexibility index (Phi) is 1.81. The number of phenols is 1. The van der Waals surface area contributed by atoms with Gasteiger partial charge in [0.05, 0.1) is 5.39 Å². The molecular formula is C8H4BrFOS. The van der Waals surface area contributed by atoms with Gasteiger partial charge >= 0.3 is 0 Å². The fourth-order valence-electron chi connectivity index (χ4n) is 1.06. The first-order valence-electron chi connectivity index (χ1n) is 3.25.